The van der Waals surface area contributed by atoms with Crippen molar-refractivity contribution in [1.82, 2.24) is 0 Å². The van der Waals surface area contributed by atoms with Crippen LogP contribution in [0.1, 0.15) is 5.76 Å². The number of furan rings is 1. The van der Waals surface area contributed by atoms with E-state index in [4.69, 9.17) is 16.0 Å². The molecule has 8 heteroatoms. The molecule has 33 heavy (non-hydrogen) atoms. The maximum absolute atomic E-state index is 13.3. The van der Waals surface area contributed by atoms with Crippen molar-refractivity contribution in [3.63, 3.8) is 0 Å². The van der Waals surface area contributed by atoms with Crippen molar-refractivity contribution < 1.29 is 14.1 Å². The second kappa shape index (κ2) is 8.61. The van der Waals surface area contributed by atoms with Crippen LogP contribution in [-0.4, -0.2) is 10.8 Å². The van der Waals surface area contributed by atoms with Gasteiger partial charge in [-0.2, -0.15) is 0 Å². The van der Waals surface area contributed by atoms with E-state index in [2.05, 4.69) is 0 Å². The van der Waals surface area contributed by atoms with E-state index in [9.17, 15) is 14.9 Å². The average Bonchev–Trinajstić information content (AvgIpc) is 3.30. The Hall–Kier alpha value is -3.81. The lowest BCUT2D eigenvalue weighted by Crippen LogP contribution is -2.26. The first kappa shape index (κ1) is 21.1. The van der Waals surface area contributed by atoms with Crippen molar-refractivity contribution in [2.24, 2.45) is 0 Å². The van der Waals surface area contributed by atoms with E-state index in [-0.39, 0.29) is 11.6 Å². The number of amides is 1. The van der Waals surface area contributed by atoms with Gasteiger partial charge in [-0.3, -0.25) is 19.8 Å². The Kier molecular flexibility index (Phi) is 5.50. The minimum absolute atomic E-state index is 0.0184. The third-order valence-corrected chi connectivity index (χ3v) is 6.43. The molecule has 1 aliphatic heterocycles. The van der Waals surface area contributed by atoms with Gasteiger partial charge >= 0.3 is 0 Å². The maximum Gasteiger partial charge on any atom is 0.270 e. The molecule has 0 unspecified atom stereocenters. The van der Waals surface area contributed by atoms with Gasteiger partial charge in [0.1, 0.15) is 11.5 Å². The number of nitro groups is 1. The Morgan fingerprint density at radius 1 is 0.970 bits per heavy atom. The second-order valence-electron chi connectivity index (χ2n) is 7.20. The summed E-state index contributed by atoms with van der Waals surface area (Å²) < 4.78 is 5.79. The number of hydrogen-bond donors (Lipinski definition) is 0. The number of carbonyl (C=O) groups is 1. The normalized spacial score (nSPS) is 12.5. The largest absolute Gasteiger partial charge is 0.457 e. The van der Waals surface area contributed by atoms with E-state index in [1.165, 1.54) is 18.2 Å². The minimum Gasteiger partial charge on any atom is -0.457 e. The van der Waals surface area contributed by atoms with Crippen LogP contribution in [0.25, 0.3) is 17.4 Å². The molecule has 0 bridgehead atoms. The van der Waals surface area contributed by atoms with E-state index in [1.54, 1.807) is 59.1 Å². The van der Waals surface area contributed by atoms with Gasteiger partial charge in [-0.1, -0.05) is 47.6 Å². The van der Waals surface area contributed by atoms with Crippen LogP contribution in [0.15, 0.2) is 99.1 Å². The topological polar surface area (TPSA) is 76.6 Å². The predicted molar refractivity (Wildman–Crippen MR) is 129 cm³/mol. The van der Waals surface area contributed by atoms with Crippen LogP contribution in [0, 0.1) is 10.1 Å². The summed E-state index contributed by atoms with van der Waals surface area (Å²) in [6.45, 7) is 0. The molecule has 2 heterocycles. The first-order valence-electron chi connectivity index (χ1n) is 9.93. The monoisotopic (exact) mass is 474 g/mol. The van der Waals surface area contributed by atoms with Crippen LogP contribution in [-0.2, 0) is 4.79 Å². The summed E-state index contributed by atoms with van der Waals surface area (Å²) in [7, 11) is 0. The Morgan fingerprint density at radius 3 is 2.64 bits per heavy atom. The molecule has 3 aromatic carbocycles. The third kappa shape index (κ3) is 4.16. The van der Waals surface area contributed by atoms with Crippen molar-refractivity contribution in [2.75, 3.05) is 4.90 Å². The molecule has 0 N–H and O–H groups in total. The number of halogens is 1. The number of rotatable bonds is 4. The van der Waals surface area contributed by atoms with Gasteiger partial charge in [0.2, 0.25) is 0 Å². The SMILES string of the molecule is O=C(/C=C/c1ccc(-c2cccc([N+](=O)[O-])c2)o1)N1c2ccccc2Sc2ccc(Cl)cc21. The van der Waals surface area contributed by atoms with Gasteiger partial charge in [0, 0.05) is 38.6 Å². The molecule has 1 aliphatic rings. The average molecular weight is 475 g/mol. The minimum atomic E-state index is -0.454. The summed E-state index contributed by atoms with van der Waals surface area (Å²) in [5.41, 5.74) is 2.07. The molecular formula is C25H15ClN2O4S. The highest BCUT2D eigenvalue weighted by Gasteiger charge is 2.27. The number of nitrogens with zero attached hydrogens (tertiary/aromatic N) is 2. The predicted octanol–water partition coefficient (Wildman–Crippen LogP) is 7.35. The van der Waals surface area contributed by atoms with Gasteiger partial charge in [-0.25, -0.2) is 0 Å². The number of para-hydroxylation sites is 1. The van der Waals surface area contributed by atoms with E-state index >= 15 is 0 Å². The Balaban J connectivity index is 1.44. The molecule has 0 radical (unpaired) electrons. The van der Waals surface area contributed by atoms with Crippen LogP contribution in [0.3, 0.4) is 0 Å². The molecule has 4 aromatic rings. The zero-order valence-electron chi connectivity index (χ0n) is 17.0. The van der Waals surface area contributed by atoms with E-state index in [1.807, 2.05) is 30.3 Å². The van der Waals surface area contributed by atoms with Crippen LogP contribution in [0.2, 0.25) is 5.02 Å². The first-order valence-corrected chi connectivity index (χ1v) is 11.1. The first-order chi connectivity index (χ1) is 16.0. The van der Waals surface area contributed by atoms with Crippen LogP contribution < -0.4 is 4.90 Å². The van der Waals surface area contributed by atoms with Crippen molar-refractivity contribution >= 4 is 52.4 Å². The Morgan fingerprint density at radius 2 is 1.79 bits per heavy atom. The summed E-state index contributed by atoms with van der Waals surface area (Å²) in [5, 5.41) is 11.6. The summed E-state index contributed by atoms with van der Waals surface area (Å²) in [6, 6.07) is 22.8. The lowest BCUT2D eigenvalue weighted by Gasteiger charge is -2.30. The fourth-order valence-electron chi connectivity index (χ4n) is 3.56. The fraction of sp³-hybridized carbons (Fsp3) is 0. The maximum atomic E-state index is 13.3. The van der Waals surface area contributed by atoms with Crippen LogP contribution >= 0.6 is 23.4 Å². The van der Waals surface area contributed by atoms with Gasteiger partial charge in [0.05, 0.1) is 16.3 Å². The highest BCUT2D eigenvalue weighted by atomic mass is 35.5. The molecule has 0 fully saturated rings. The summed E-state index contributed by atoms with van der Waals surface area (Å²) in [4.78, 5) is 27.4. The lowest BCUT2D eigenvalue weighted by atomic mass is 10.1. The Labute approximate surface area is 198 Å². The van der Waals surface area contributed by atoms with E-state index in [0.717, 1.165) is 21.2 Å². The number of carbonyl (C=O) groups excluding carboxylic acids is 1. The number of fused-ring (bicyclic) bond motifs is 2. The number of nitro benzene ring substituents is 1. The zero-order valence-corrected chi connectivity index (χ0v) is 18.5. The van der Waals surface area contributed by atoms with Gasteiger partial charge in [-0.15, -0.1) is 0 Å². The molecule has 6 nitrogen and oxygen atoms in total. The smallest absolute Gasteiger partial charge is 0.270 e. The lowest BCUT2D eigenvalue weighted by molar-refractivity contribution is -0.384. The quantitative estimate of drug-likeness (QED) is 0.175. The number of benzene rings is 3. The summed E-state index contributed by atoms with van der Waals surface area (Å²) in [6.07, 6.45) is 3.02. The van der Waals surface area contributed by atoms with Crippen LogP contribution in [0.4, 0.5) is 17.1 Å². The molecule has 1 amide bonds. The van der Waals surface area contributed by atoms with Crippen molar-refractivity contribution in [1.29, 1.82) is 0 Å². The van der Waals surface area contributed by atoms with E-state index < -0.39 is 4.92 Å². The molecule has 0 saturated heterocycles. The number of anilines is 2. The highest BCUT2D eigenvalue weighted by Crippen LogP contribution is 2.48. The zero-order chi connectivity index (χ0) is 22.9. The fourth-order valence-corrected chi connectivity index (χ4v) is 4.77. The van der Waals surface area contributed by atoms with Crippen molar-refractivity contribution in [3.05, 3.63) is 106 Å². The molecule has 0 atom stereocenters. The van der Waals surface area contributed by atoms with Crippen LogP contribution in [0.5, 0.6) is 0 Å². The Bertz CT molecular complexity index is 1430. The number of hydrogen-bond acceptors (Lipinski definition) is 5. The van der Waals surface area contributed by atoms with Gasteiger partial charge in [0.15, 0.2) is 0 Å². The summed E-state index contributed by atoms with van der Waals surface area (Å²) in [5.74, 6) is 0.679. The molecule has 0 spiro atoms. The van der Waals surface area contributed by atoms with Gasteiger partial charge in [0.25, 0.3) is 11.6 Å². The van der Waals surface area contributed by atoms with Gasteiger partial charge < -0.3 is 4.42 Å². The standard InChI is InChI=1S/C25H15ClN2O4S/c26-17-8-12-24-21(15-17)27(20-6-1-2-7-23(20)33-24)25(29)13-10-19-9-11-22(32-19)16-4-3-5-18(14-16)28(30)31/h1-15H/b13-10+. The summed E-state index contributed by atoms with van der Waals surface area (Å²) >= 11 is 7.80. The molecule has 5 rings (SSSR count). The number of non-ortho nitro benzene ring substituents is 1. The third-order valence-electron chi connectivity index (χ3n) is 5.07. The molecule has 0 aliphatic carbocycles. The van der Waals surface area contributed by atoms with Crippen molar-refractivity contribution in [2.45, 2.75) is 9.79 Å². The molecule has 0 saturated carbocycles. The molecule has 1 aromatic heterocycles. The molecule has 162 valence electrons. The van der Waals surface area contributed by atoms with Crippen molar-refractivity contribution in [3.8, 4) is 11.3 Å². The molecular weight excluding hydrogens is 460 g/mol. The second-order valence-corrected chi connectivity index (χ2v) is 8.72. The van der Waals surface area contributed by atoms with E-state index in [0.29, 0.717) is 22.1 Å². The van der Waals surface area contributed by atoms with Gasteiger partial charge in [-0.05, 0) is 48.5 Å². The highest BCUT2D eigenvalue weighted by molar-refractivity contribution is 7.99.